The maximum absolute atomic E-state index is 9.57. The van der Waals surface area contributed by atoms with Gasteiger partial charge in [-0.3, -0.25) is 4.68 Å². The number of nitrogens with zero attached hydrogens (tertiary/aromatic N) is 2. The van der Waals surface area contributed by atoms with Crippen LogP contribution in [0.5, 0.6) is 0 Å². The first-order valence-electron chi connectivity index (χ1n) is 6.53. The molecule has 1 heterocycles. The Morgan fingerprint density at radius 1 is 1.32 bits per heavy atom. The van der Waals surface area contributed by atoms with E-state index in [9.17, 15) is 5.11 Å². The summed E-state index contributed by atoms with van der Waals surface area (Å²) in [6.07, 6.45) is 1.88. The van der Waals surface area contributed by atoms with Gasteiger partial charge in [-0.1, -0.05) is 30.3 Å². The van der Waals surface area contributed by atoms with Crippen LogP contribution in [0.1, 0.15) is 35.8 Å². The Kier molecular flexibility index (Phi) is 4.35. The van der Waals surface area contributed by atoms with Crippen molar-refractivity contribution in [3.05, 3.63) is 53.3 Å². The Hall–Kier alpha value is -1.65. The molecule has 1 aromatic heterocycles. The summed E-state index contributed by atoms with van der Waals surface area (Å²) in [5.41, 5.74) is 3.40. The van der Waals surface area contributed by atoms with Crippen LogP contribution in [0.25, 0.3) is 0 Å². The lowest BCUT2D eigenvalue weighted by atomic mass is 10.0. The van der Waals surface area contributed by atoms with E-state index in [0.717, 1.165) is 16.8 Å². The van der Waals surface area contributed by atoms with Crippen molar-refractivity contribution in [1.82, 2.24) is 15.1 Å². The Balaban J connectivity index is 2.13. The van der Waals surface area contributed by atoms with Crippen LogP contribution in [0.3, 0.4) is 0 Å². The fraction of sp³-hybridized carbons (Fsp3) is 0.400. The number of benzene rings is 1. The van der Waals surface area contributed by atoms with Crippen molar-refractivity contribution in [1.29, 1.82) is 0 Å². The van der Waals surface area contributed by atoms with Gasteiger partial charge in [0.25, 0.3) is 0 Å². The molecule has 102 valence electrons. The molecular weight excluding hydrogens is 238 g/mol. The van der Waals surface area contributed by atoms with Crippen molar-refractivity contribution in [3.63, 3.8) is 0 Å². The van der Waals surface area contributed by atoms with Gasteiger partial charge in [0.05, 0.1) is 18.8 Å². The molecule has 2 aromatic rings. The van der Waals surface area contributed by atoms with Crippen LogP contribution in [0.4, 0.5) is 0 Å². The summed E-state index contributed by atoms with van der Waals surface area (Å²) in [5, 5.41) is 17.3. The molecule has 2 atom stereocenters. The lowest BCUT2D eigenvalue weighted by Gasteiger charge is -2.22. The van der Waals surface area contributed by atoms with Gasteiger partial charge in [-0.15, -0.1) is 0 Å². The van der Waals surface area contributed by atoms with Crippen LogP contribution in [0.15, 0.2) is 36.5 Å². The Bertz CT molecular complexity index is 521. The van der Waals surface area contributed by atoms with Crippen LogP contribution in [0.2, 0.25) is 0 Å². The molecule has 4 nitrogen and oxygen atoms in total. The smallest absolute Gasteiger partial charge is 0.0626 e. The molecular formula is C15H21N3O. The highest BCUT2D eigenvalue weighted by Crippen LogP contribution is 2.21. The molecule has 0 bridgehead atoms. The molecule has 0 amide bonds. The summed E-state index contributed by atoms with van der Waals surface area (Å²) < 4.78 is 1.87. The summed E-state index contributed by atoms with van der Waals surface area (Å²) in [6.45, 7) is 4.22. The standard InChI is InChI=1S/C15H21N3O/c1-11(14-9-16-18(3)12(14)2)17-15(10-19)13-7-5-4-6-8-13/h4-9,11,15,17,19H,10H2,1-3H3/t11?,15-/m1/s1. The lowest BCUT2D eigenvalue weighted by Crippen LogP contribution is -2.27. The second-order valence-electron chi connectivity index (χ2n) is 4.84. The molecule has 0 spiro atoms. The van der Waals surface area contributed by atoms with E-state index in [1.807, 2.05) is 48.3 Å². The van der Waals surface area contributed by atoms with E-state index < -0.39 is 0 Å². The van der Waals surface area contributed by atoms with Crippen LogP contribution < -0.4 is 5.32 Å². The number of nitrogens with one attached hydrogen (secondary N) is 1. The number of aryl methyl sites for hydroxylation is 1. The van der Waals surface area contributed by atoms with E-state index in [2.05, 4.69) is 24.3 Å². The molecule has 0 aliphatic rings. The molecule has 1 aromatic carbocycles. The highest BCUT2D eigenvalue weighted by molar-refractivity contribution is 5.23. The van der Waals surface area contributed by atoms with Gasteiger partial charge in [-0.2, -0.15) is 5.10 Å². The first-order chi connectivity index (χ1) is 9.13. The predicted molar refractivity (Wildman–Crippen MR) is 75.8 cm³/mol. The minimum atomic E-state index is -0.0594. The Morgan fingerprint density at radius 3 is 2.53 bits per heavy atom. The molecule has 1 unspecified atom stereocenters. The van der Waals surface area contributed by atoms with Gasteiger partial charge in [-0.25, -0.2) is 0 Å². The summed E-state index contributed by atoms with van der Waals surface area (Å²) in [6, 6.07) is 10.1. The number of aliphatic hydroxyl groups is 1. The van der Waals surface area contributed by atoms with E-state index in [1.165, 1.54) is 0 Å². The molecule has 4 heteroatoms. The third-order valence-corrected chi connectivity index (χ3v) is 3.58. The van der Waals surface area contributed by atoms with E-state index in [1.54, 1.807) is 0 Å². The van der Waals surface area contributed by atoms with E-state index in [-0.39, 0.29) is 18.7 Å². The molecule has 19 heavy (non-hydrogen) atoms. The lowest BCUT2D eigenvalue weighted by molar-refractivity contribution is 0.235. The van der Waals surface area contributed by atoms with Gasteiger partial charge in [0.1, 0.15) is 0 Å². The first kappa shape index (κ1) is 13.8. The van der Waals surface area contributed by atoms with Crippen LogP contribution in [-0.4, -0.2) is 21.5 Å². The van der Waals surface area contributed by atoms with E-state index >= 15 is 0 Å². The molecule has 0 fully saturated rings. The first-order valence-corrected chi connectivity index (χ1v) is 6.53. The third-order valence-electron chi connectivity index (χ3n) is 3.58. The highest BCUT2D eigenvalue weighted by Gasteiger charge is 2.17. The second kappa shape index (κ2) is 5.99. The minimum absolute atomic E-state index is 0.0594. The molecule has 2 rings (SSSR count). The van der Waals surface area contributed by atoms with Crippen LogP contribution in [-0.2, 0) is 7.05 Å². The second-order valence-corrected chi connectivity index (χ2v) is 4.84. The zero-order chi connectivity index (χ0) is 13.8. The van der Waals surface area contributed by atoms with Gasteiger partial charge < -0.3 is 10.4 Å². The average Bonchev–Trinajstić information content (AvgIpc) is 2.77. The summed E-state index contributed by atoms with van der Waals surface area (Å²) in [7, 11) is 1.94. The van der Waals surface area contributed by atoms with Crippen LogP contribution >= 0.6 is 0 Å². The maximum Gasteiger partial charge on any atom is 0.0626 e. The summed E-state index contributed by atoms with van der Waals surface area (Å²) in [5.74, 6) is 0. The van der Waals surface area contributed by atoms with Crippen molar-refractivity contribution in [2.24, 2.45) is 7.05 Å². The third kappa shape index (κ3) is 3.03. The van der Waals surface area contributed by atoms with Crippen LogP contribution in [0, 0.1) is 6.92 Å². The molecule has 0 aliphatic heterocycles. The summed E-state index contributed by atoms with van der Waals surface area (Å²) in [4.78, 5) is 0. The summed E-state index contributed by atoms with van der Waals surface area (Å²) >= 11 is 0. The maximum atomic E-state index is 9.57. The van der Waals surface area contributed by atoms with Crippen molar-refractivity contribution in [3.8, 4) is 0 Å². The average molecular weight is 259 g/mol. The van der Waals surface area contributed by atoms with Gasteiger partial charge in [0.2, 0.25) is 0 Å². The van der Waals surface area contributed by atoms with Crippen molar-refractivity contribution >= 4 is 0 Å². The largest absolute Gasteiger partial charge is 0.394 e. The Labute approximate surface area is 114 Å². The number of rotatable bonds is 5. The van der Waals surface area contributed by atoms with Crippen molar-refractivity contribution in [2.45, 2.75) is 25.9 Å². The van der Waals surface area contributed by atoms with Gasteiger partial charge in [0, 0.05) is 24.3 Å². The molecule has 0 radical (unpaired) electrons. The van der Waals surface area contributed by atoms with Crippen molar-refractivity contribution in [2.75, 3.05) is 6.61 Å². The fourth-order valence-corrected chi connectivity index (χ4v) is 2.27. The van der Waals surface area contributed by atoms with Crippen molar-refractivity contribution < 1.29 is 5.11 Å². The van der Waals surface area contributed by atoms with E-state index in [4.69, 9.17) is 0 Å². The topological polar surface area (TPSA) is 50.1 Å². The SMILES string of the molecule is Cc1c(C(C)N[C@H](CO)c2ccccc2)cnn1C. The van der Waals surface area contributed by atoms with Gasteiger partial charge in [0.15, 0.2) is 0 Å². The number of hydrogen-bond donors (Lipinski definition) is 2. The quantitative estimate of drug-likeness (QED) is 0.864. The van der Waals surface area contributed by atoms with Gasteiger partial charge in [-0.05, 0) is 19.4 Å². The normalized spacial score (nSPS) is 14.3. The molecule has 0 aliphatic carbocycles. The van der Waals surface area contributed by atoms with Gasteiger partial charge >= 0.3 is 0 Å². The molecule has 0 saturated heterocycles. The predicted octanol–water partition coefficient (Wildman–Crippen LogP) is 2.11. The zero-order valence-electron chi connectivity index (χ0n) is 11.7. The fourth-order valence-electron chi connectivity index (χ4n) is 2.27. The molecule has 2 N–H and O–H groups in total. The number of aliphatic hydroxyl groups excluding tert-OH is 1. The molecule has 0 saturated carbocycles. The monoisotopic (exact) mass is 259 g/mol. The van der Waals surface area contributed by atoms with E-state index in [0.29, 0.717) is 0 Å². The number of hydrogen-bond acceptors (Lipinski definition) is 3. The highest BCUT2D eigenvalue weighted by atomic mass is 16.3. The minimum Gasteiger partial charge on any atom is -0.394 e. The number of aromatic nitrogens is 2. The zero-order valence-corrected chi connectivity index (χ0v) is 11.7. The Morgan fingerprint density at radius 2 is 2.00 bits per heavy atom.